The standard InChI is InChI=1S/C25H23ClN4OS/c1-29-23-20-4-2-3-5-22(20)31-25(21(23)14-27-29)10-12-30(13-11-25)15-19-16-32-24(28-19)17-6-8-18(26)9-7-17/h2-9,14,16H,10-13,15H2,1H3. The lowest BCUT2D eigenvalue weighted by molar-refractivity contribution is -0.00716. The molecule has 0 amide bonds. The van der Waals surface area contributed by atoms with Gasteiger partial charge in [-0.05, 0) is 24.3 Å². The molecule has 0 radical (unpaired) electrons. The predicted molar refractivity (Wildman–Crippen MR) is 128 cm³/mol. The van der Waals surface area contributed by atoms with Crippen LogP contribution in [0.2, 0.25) is 5.02 Å². The van der Waals surface area contributed by atoms with Gasteiger partial charge in [0.25, 0.3) is 0 Å². The summed E-state index contributed by atoms with van der Waals surface area (Å²) in [5, 5.41) is 8.53. The van der Waals surface area contributed by atoms with Crippen molar-refractivity contribution in [3.05, 3.63) is 76.4 Å². The van der Waals surface area contributed by atoms with E-state index in [9.17, 15) is 0 Å². The van der Waals surface area contributed by atoms with Crippen LogP contribution in [-0.2, 0) is 19.2 Å². The minimum absolute atomic E-state index is 0.301. The van der Waals surface area contributed by atoms with Crippen molar-refractivity contribution in [1.29, 1.82) is 0 Å². The van der Waals surface area contributed by atoms with E-state index in [1.54, 1.807) is 11.3 Å². The molecule has 0 bridgehead atoms. The predicted octanol–water partition coefficient (Wildman–Crippen LogP) is 5.75. The van der Waals surface area contributed by atoms with Crippen LogP contribution in [0.4, 0.5) is 0 Å². The van der Waals surface area contributed by atoms with Crippen molar-refractivity contribution in [2.45, 2.75) is 25.0 Å². The van der Waals surface area contributed by atoms with E-state index in [-0.39, 0.29) is 5.60 Å². The lowest BCUT2D eigenvalue weighted by atomic mass is 9.81. The number of fused-ring (bicyclic) bond motifs is 4. The second-order valence-corrected chi connectivity index (χ2v) is 9.84. The van der Waals surface area contributed by atoms with Crippen LogP contribution in [0.15, 0.2) is 60.1 Å². The van der Waals surface area contributed by atoms with Gasteiger partial charge in [0.15, 0.2) is 0 Å². The lowest BCUT2D eigenvalue weighted by Crippen LogP contribution is -2.47. The smallest absolute Gasteiger partial charge is 0.140 e. The van der Waals surface area contributed by atoms with Crippen molar-refractivity contribution in [3.8, 4) is 27.6 Å². The molecule has 1 spiro atoms. The topological polar surface area (TPSA) is 43.2 Å². The number of para-hydroxylation sites is 1. The van der Waals surface area contributed by atoms with E-state index < -0.39 is 0 Å². The molecule has 0 aliphatic carbocycles. The molecule has 5 nitrogen and oxygen atoms in total. The summed E-state index contributed by atoms with van der Waals surface area (Å²) in [5.41, 5.74) is 5.47. The van der Waals surface area contributed by atoms with Crippen molar-refractivity contribution < 1.29 is 4.74 Å². The Kier molecular flexibility index (Phi) is 4.82. The quantitative estimate of drug-likeness (QED) is 0.389. The third-order valence-corrected chi connectivity index (χ3v) is 7.76. The van der Waals surface area contributed by atoms with E-state index in [0.29, 0.717) is 0 Å². The maximum absolute atomic E-state index is 6.67. The first-order valence-electron chi connectivity index (χ1n) is 10.8. The van der Waals surface area contributed by atoms with Crippen LogP contribution in [0.3, 0.4) is 0 Å². The Morgan fingerprint density at radius 2 is 1.88 bits per heavy atom. The molecule has 4 aromatic rings. The number of rotatable bonds is 3. The maximum atomic E-state index is 6.67. The molecule has 4 heterocycles. The van der Waals surface area contributed by atoms with Gasteiger partial charge in [0.05, 0.1) is 17.6 Å². The van der Waals surface area contributed by atoms with Crippen LogP contribution in [0.5, 0.6) is 5.75 Å². The fraction of sp³-hybridized carbons (Fsp3) is 0.280. The molecule has 2 aromatic heterocycles. The van der Waals surface area contributed by atoms with Crippen molar-refractivity contribution in [2.24, 2.45) is 7.05 Å². The van der Waals surface area contributed by atoms with Gasteiger partial charge in [-0.1, -0.05) is 35.9 Å². The van der Waals surface area contributed by atoms with Gasteiger partial charge in [0.2, 0.25) is 0 Å². The van der Waals surface area contributed by atoms with E-state index in [0.717, 1.165) is 65.1 Å². The van der Waals surface area contributed by atoms with Crippen molar-refractivity contribution in [3.63, 3.8) is 0 Å². The molecule has 2 aliphatic heterocycles. The van der Waals surface area contributed by atoms with E-state index in [1.165, 1.54) is 11.3 Å². The van der Waals surface area contributed by atoms with Gasteiger partial charge in [-0.3, -0.25) is 9.58 Å². The van der Waals surface area contributed by atoms with Crippen LogP contribution >= 0.6 is 22.9 Å². The summed E-state index contributed by atoms with van der Waals surface area (Å²) in [6.45, 7) is 2.78. The summed E-state index contributed by atoms with van der Waals surface area (Å²) >= 11 is 7.70. The number of piperidine rings is 1. The first-order chi connectivity index (χ1) is 15.6. The van der Waals surface area contributed by atoms with Gasteiger partial charge in [-0.15, -0.1) is 11.3 Å². The molecule has 0 saturated carbocycles. The van der Waals surface area contributed by atoms with Crippen molar-refractivity contribution in [1.82, 2.24) is 19.7 Å². The largest absolute Gasteiger partial charge is 0.482 e. The molecular weight excluding hydrogens is 440 g/mol. The minimum Gasteiger partial charge on any atom is -0.482 e. The van der Waals surface area contributed by atoms with Crippen molar-refractivity contribution >= 4 is 22.9 Å². The molecule has 0 unspecified atom stereocenters. The van der Waals surface area contributed by atoms with E-state index in [1.807, 2.05) is 48.3 Å². The zero-order valence-electron chi connectivity index (χ0n) is 17.8. The Hall–Kier alpha value is -2.67. The third-order valence-electron chi connectivity index (χ3n) is 6.57. The summed E-state index contributed by atoms with van der Waals surface area (Å²) in [6.07, 6.45) is 3.88. The van der Waals surface area contributed by atoms with E-state index in [4.69, 9.17) is 21.3 Å². The Morgan fingerprint density at radius 3 is 2.69 bits per heavy atom. The number of ether oxygens (including phenoxy) is 1. The molecule has 0 atom stereocenters. The van der Waals surface area contributed by atoms with Gasteiger partial charge in [0, 0.05) is 66.6 Å². The average Bonchev–Trinajstić information content (AvgIpc) is 3.44. The molecule has 32 heavy (non-hydrogen) atoms. The van der Waals surface area contributed by atoms with Gasteiger partial charge in [-0.2, -0.15) is 5.10 Å². The normalized spacial score (nSPS) is 17.1. The van der Waals surface area contributed by atoms with Gasteiger partial charge >= 0.3 is 0 Å². The zero-order valence-corrected chi connectivity index (χ0v) is 19.4. The SMILES string of the molecule is Cn1ncc2c1-c1ccccc1OC21CCN(Cc2csc(-c3ccc(Cl)cc3)n2)CC1. The van der Waals surface area contributed by atoms with Crippen LogP contribution in [0.25, 0.3) is 21.8 Å². The molecule has 1 saturated heterocycles. The lowest BCUT2D eigenvalue weighted by Gasteiger charge is -2.44. The fourth-order valence-corrected chi connectivity index (χ4v) is 5.83. The Labute approximate surface area is 196 Å². The summed E-state index contributed by atoms with van der Waals surface area (Å²) in [4.78, 5) is 7.34. The number of likely N-dealkylation sites (tertiary alicyclic amines) is 1. The number of thiazole rings is 1. The van der Waals surface area contributed by atoms with Gasteiger partial charge in [0.1, 0.15) is 16.4 Å². The van der Waals surface area contributed by atoms with Gasteiger partial charge in [-0.25, -0.2) is 4.98 Å². The molecule has 2 aromatic carbocycles. The highest BCUT2D eigenvalue weighted by molar-refractivity contribution is 7.13. The molecule has 2 aliphatic rings. The van der Waals surface area contributed by atoms with E-state index >= 15 is 0 Å². The number of hydrogen-bond acceptors (Lipinski definition) is 5. The summed E-state index contributed by atoms with van der Waals surface area (Å²) in [5.74, 6) is 0.962. The van der Waals surface area contributed by atoms with Crippen LogP contribution < -0.4 is 4.74 Å². The number of aryl methyl sites for hydroxylation is 1. The highest BCUT2D eigenvalue weighted by Gasteiger charge is 2.45. The Balaban J connectivity index is 1.19. The highest BCUT2D eigenvalue weighted by Crippen LogP contribution is 2.49. The van der Waals surface area contributed by atoms with Gasteiger partial charge < -0.3 is 4.74 Å². The molecule has 0 N–H and O–H groups in total. The first-order valence-corrected chi connectivity index (χ1v) is 12.1. The summed E-state index contributed by atoms with van der Waals surface area (Å²) < 4.78 is 8.65. The molecule has 7 heteroatoms. The number of nitrogens with zero attached hydrogens (tertiary/aromatic N) is 4. The molecular formula is C25H23ClN4OS. The summed E-state index contributed by atoms with van der Waals surface area (Å²) in [7, 11) is 2.02. The maximum Gasteiger partial charge on any atom is 0.140 e. The summed E-state index contributed by atoms with van der Waals surface area (Å²) in [6, 6.07) is 16.2. The van der Waals surface area contributed by atoms with Crippen molar-refractivity contribution in [2.75, 3.05) is 13.1 Å². The second-order valence-electron chi connectivity index (χ2n) is 8.55. The minimum atomic E-state index is -0.301. The van der Waals surface area contributed by atoms with E-state index in [2.05, 4.69) is 33.6 Å². The monoisotopic (exact) mass is 462 g/mol. The third kappa shape index (κ3) is 3.34. The Bertz CT molecular complexity index is 1270. The van der Waals surface area contributed by atoms with Crippen LogP contribution in [0.1, 0.15) is 24.1 Å². The molecule has 6 rings (SSSR count). The second kappa shape index (κ2) is 7.73. The molecule has 162 valence electrons. The zero-order chi connectivity index (χ0) is 21.7. The average molecular weight is 463 g/mol. The number of aromatic nitrogens is 3. The number of benzene rings is 2. The number of hydrogen-bond donors (Lipinski definition) is 0. The highest BCUT2D eigenvalue weighted by atomic mass is 35.5. The fourth-order valence-electron chi connectivity index (χ4n) is 4.88. The first kappa shape index (κ1) is 20.0. The Morgan fingerprint density at radius 1 is 1.09 bits per heavy atom. The molecule has 1 fully saturated rings. The van der Waals surface area contributed by atoms with Crippen LogP contribution in [0, 0.1) is 0 Å². The van der Waals surface area contributed by atoms with Crippen LogP contribution in [-0.4, -0.2) is 32.8 Å². The number of halogens is 1.